The van der Waals surface area contributed by atoms with E-state index in [0.717, 1.165) is 16.7 Å². The summed E-state index contributed by atoms with van der Waals surface area (Å²) in [6, 6.07) is 18.3. The molecule has 37 heteroatoms. The fourth-order valence-corrected chi connectivity index (χ4v) is 13.6. The number of nitrogens with zero attached hydrogens (tertiary/aromatic N) is 10. The second-order valence-electron chi connectivity index (χ2n) is 38.1. The van der Waals surface area contributed by atoms with E-state index in [1.54, 1.807) is 161 Å². The van der Waals surface area contributed by atoms with Crippen molar-refractivity contribution in [2.24, 2.45) is 0 Å². The summed E-state index contributed by atoms with van der Waals surface area (Å²) in [4.78, 5) is 181. The molecule has 0 aliphatic carbocycles. The first-order chi connectivity index (χ1) is 59.4. The van der Waals surface area contributed by atoms with Gasteiger partial charge in [-0.05, 0) is 178 Å². The van der Waals surface area contributed by atoms with E-state index in [4.69, 9.17) is 28.4 Å². The lowest BCUT2D eigenvalue weighted by atomic mass is 10.1. The van der Waals surface area contributed by atoms with Gasteiger partial charge in [0.1, 0.15) is 51.7 Å². The molecule has 3 atom stereocenters. The lowest BCUT2D eigenvalue weighted by Crippen LogP contribution is -2.53. The Balaban J connectivity index is 1.11. The highest BCUT2D eigenvalue weighted by molar-refractivity contribution is 5.99. The predicted molar refractivity (Wildman–Crippen MR) is 483 cm³/mol. The molecule has 0 saturated carbocycles. The van der Waals surface area contributed by atoms with Gasteiger partial charge in [-0.2, -0.15) is 0 Å². The lowest BCUT2D eigenvalue weighted by Gasteiger charge is -2.30. The summed E-state index contributed by atoms with van der Waals surface area (Å²) in [6.07, 6.45) is -3.25. The first-order valence-corrected chi connectivity index (χ1v) is 44.2. The molecule has 12 amide bonds. The Morgan fingerprint density at radius 3 is 0.622 bits per heavy atom. The molecular formula is C90H147N19O18. The van der Waals surface area contributed by atoms with Crippen LogP contribution in [0.1, 0.15) is 172 Å². The molecule has 3 heterocycles. The minimum Gasteiger partial charge on any atom is -0.444 e. The molecular weight excluding hydrogens is 1640 g/mol. The van der Waals surface area contributed by atoms with Gasteiger partial charge >= 0.3 is 36.6 Å². The second-order valence-corrected chi connectivity index (χ2v) is 38.1. The van der Waals surface area contributed by atoms with Crippen LogP contribution in [0.2, 0.25) is 0 Å². The maximum absolute atomic E-state index is 14.0. The van der Waals surface area contributed by atoms with Crippen LogP contribution in [0.5, 0.6) is 0 Å². The molecule has 9 N–H and O–H groups in total. The Morgan fingerprint density at radius 1 is 0.283 bits per heavy atom. The van der Waals surface area contributed by atoms with Crippen molar-refractivity contribution in [3.8, 4) is 0 Å². The van der Waals surface area contributed by atoms with Gasteiger partial charge in [0.2, 0.25) is 17.7 Å². The fraction of sp³-hybridized carbons (Fsp3) is 0.667. The van der Waals surface area contributed by atoms with Crippen molar-refractivity contribution in [3.05, 3.63) is 106 Å². The highest BCUT2D eigenvalue weighted by atomic mass is 16.6. The van der Waals surface area contributed by atoms with Crippen LogP contribution >= 0.6 is 0 Å². The van der Waals surface area contributed by atoms with E-state index in [1.807, 2.05) is 51.1 Å². The monoisotopic (exact) mass is 1780 g/mol. The average Bonchev–Trinajstić information content (AvgIpc) is 1.79. The van der Waals surface area contributed by atoms with E-state index in [9.17, 15) is 57.5 Å². The van der Waals surface area contributed by atoms with Gasteiger partial charge in [0.05, 0.1) is 0 Å². The third-order valence-electron chi connectivity index (χ3n) is 20.3. The minimum atomic E-state index is -1.01. The summed E-state index contributed by atoms with van der Waals surface area (Å²) >= 11 is 0. The summed E-state index contributed by atoms with van der Waals surface area (Å²) in [5.41, 5.74) is -0.883. The zero-order valence-electron chi connectivity index (χ0n) is 79.2. The third kappa shape index (κ3) is 39.9. The van der Waals surface area contributed by atoms with E-state index in [2.05, 4.69) is 52.8 Å². The molecule has 3 aliphatic rings. The van der Waals surface area contributed by atoms with Gasteiger partial charge in [0.15, 0.2) is 0 Å². The number of carbonyl (C=O) groups excluding carboxylic acids is 12. The summed E-state index contributed by atoms with van der Waals surface area (Å²) in [5.74, 6) is -2.69. The molecule has 37 nitrogen and oxygen atoms in total. The normalized spacial score (nSPS) is 16.3. The first-order valence-electron chi connectivity index (χ1n) is 44.2. The zero-order valence-corrected chi connectivity index (χ0v) is 79.2. The number of carbonyl (C=O) groups is 12. The van der Waals surface area contributed by atoms with Crippen molar-refractivity contribution in [1.82, 2.24) is 96.9 Å². The standard InChI is InChI=1S/C90H147N19O18/c1-85(2,3)122-79(116)104-46-40-101(41-47-105(53-52-104)80(117)123-86(4,5)6)61-70(76(113)91-19)97-73(110)67-28-22-64(23-29-67)58-94-34-37-100(38-35-95-59-65-24-30-68(31-25-65)74(111)98-71(77(114)92-20)62-102-42-48-106(81(118)124-87(7,8)9)54-55-107(49-43-102)82(119)125-88(10,11)12)39-36-96-60-66-26-32-69(33-27-66)75(112)99-72(78(115)93-21)63-103-44-50-108(83(120)126-89(13,14)15)56-57-109(51-45-103)84(121)127-90(16,17)18/h22-33,70-72,94-96H,34-63H2,1-21H3,(H,91,113)(H,92,114)(H,93,115)(H,97,110)(H,98,111)(H,99,112)/t70-,71-,72-/m0/s1. The van der Waals surface area contributed by atoms with Crippen LogP contribution in [0.3, 0.4) is 0 Å². The number of hydrogen-bond acceptors (Lipinski definition) is 25. The van der Waals surface area contributed by atoms with Crippen LogP contribution in [-0.2, 0) is 62.4 Å². The number of rotatable bonds is 30. The Labute approximate surface area is 751 Å². The van der Waals surface area contributed by atoms with Crippen molar-refractivity contribution in [2.75, 3.05) is 198 Å². The minimum absolute atomic E-state index is 0.0690. The summed E-state index contributed by atoms with van der Waals surface area (Å²) < 4.78 is 34.3. The Kier molecular flexibility index (Phi) is 41.1. The van der Waals surface area contributed by atoms with E-state index in [0.29, 0.717) is 115 Å². The highest BCUT2D eigenvalue weighted by Gasteiger charge is 2.36. The van der Waals surface area contributed by atoms with Crippen molar-refractivity contribution < 1.29 is 86.0 Å². The van der Waals surface area contributed by atoms with E-state index in [1.165, 1.54) is 50.5 Å². The largest absolute Gasteiger partial charge is 0.444 e. The summed E-state index contributed by atoms with van der Waals surface area (Å²) in [5, 5.41) is 27.4. The number of likely N-dealkylation sites (N-methyl/N-ethyl adjacent to an activating group) is 3. The molecule has 127 heavy (non-hydrogen) atoms. The Bertz CT molecular complexity index is 3530. The Hall–Kier alpha value is -10.2. The molecule has 3 aliphatic heterocycles. The third-order valence-corrected chi connectivity index (χ3v) is 20.3. The van der Waals surface area contributed by atoms with Gasteiger partial charge in [-0.1, -0.05) is 36.4 Å². The summed E-state index contributed by atoms with van der Waals surface area (Å²) in [7, 11) is 4.47. The predicted octanol–water partition coefficient (Wildman–Crippen LogP) is 5.56. The highest BCUT2D eigenvalue weighted by Crippen LogP contribution is 2.21. The van der Waals surface area contributed by atoms with Crippen molar-refractivity contribution in [1.29, 1.82) is 0 Å². The molecule has 710 valence electrons. The SMILES string of the molecule is CNC(=O)[C@H](CN1CCN(C(=O)OC(C)(C)C)CCN(C(=O)OC(C)(C)C)CC1)NC(=O)c1ccc(CNCCN(CCNCc2ccc(C(=O)N[C@@H](CN3CCN(C(=O)OC(C)(C)C)CCN(C(=O)OC(C)(C)C)CC3)C(=O)NC)cc2)CCNCc2ccc(C(=O)N[C@@H](CN3CCN(C(=O)OC(C)(C)C)CCN(C(=O)OC(C)(C)C)CC3)C(=O)NC)cc2)cc1. The molecule has 3 aromatic rings. The van der Waals surface area contributed by atoms with Crippen LogP contribution in [0.15, 0.2) is 72.8 Å². The fourth-order valence-electron chi connectivity index (χ4n) is 13.6. The molecule has 3 fully saturated rings. The molecule has 3 aromatic carbocycles. The maximum atomic E-state index is 14.0. The smallest absolute Gasteiger partial charge is 0.410 e. The summed E-state index contributed by atoms with van der Waals surface area (Å²) in [6.45, 7) is 41.8. The average molecular weight is 1780 g/mol. The number of nitrogens with one attached hydrogen (secondary N) is 9. The topological polar surface area (TPSA) is 401 Å². The number of amides is 12. The second kappa shape index (κ2) is 49.4. The van der Waals surface area contributed by atoms with E-state index in [-0.39, 0.29) is 98.2 Å². The van der Waals surface area contributed by atoms with Gasteiger partial charge in [0.25, 0.3) is 17.7 Å². The van der Waals surface area contributed by atoms with Gasteiger partial charge in [0, 0.05) is 234 Å². The quantitative estimate of drug-likeness (QED) is 0.0291. The molecule has 0 unspecified atom stereocenters. The van der Waals surface area contributed by atoms with E-state index >= 15 is 0 Å². The first kappa shape index (κ1) is 106. The van der Waals surface area contributed by atoms with Crippen LogP contribution < -0.4 is 47.9 Å². The molecule has 0 aromatic heterocycles. The van der Waals surface area contributed by atoms with Crippen molar-refractivity contribution >= 4 is 72.0 Å². The molecule has 3 saturated heterocycles. The van der Waals surface area contributed by atoms with Crippen LogP contribution in [0.4, 0.5) is 28.8 Å². The number of hydrogen-bond donors (Lipinski definition) is 9. The van der Waals surface area contributed by atoms with Gasteiger partial charge in [-0.3, -0.25) is 48.4 Å². The number of ether oxygens (including phenoxy) is 6. The molecule has 0 radical (unpaired) electrons. The van der Waals surface area contributed by atoms with Crippen LogP contribution in [0.25, 0.3) is 0 Å². The van der Waals surface area contributed by atoms with Crippen LogP contribution in [0, 0.1) is 0 Å². The number of benzene rings is 3. The maximum Gasteiger partial charge on any atom is 0.410 e. The molecule has 0 bridgehead atoms. The molecule has 6 rings (SSSR count). The van der Waals surface area contributed by atoms with Crippen molar-refractivity contribution in [3.63, 3.8) is 0 Å². The lowest BCUT2D eigenvalue weighted by molar-refractivity contribution is -0.123. The zero-order chi connectivity index (χ0) is 94.2. The Morgan fingerprint density at radius 2 is 0.457 bits per heavy atom. The van der Waals surface area contributed by atoms with Gasteiger partial charge in [-0.15, -0.1) is 0 Å². The van der Waals surface area contributed by atoms with E-state index < -0.39 is 124 Å². The molecule has 0 spiro atoms. The van der Waals surface area contributed by atoms with Gasteiger partial charge < -0.3 is 106 Å². The van der Waals surface area contributed by atoms with Crippen LogP contribution in [-0.4, -0.2) is 371 Å². The van der Waals surface area contributed by atoms with Gasteiger partial charge in [-0.25, -0.2) is 28.8 Å². The van der Waals surface area contributed by atoms with Crippen molar-refractivity contribution in [2.45, 2.75) is 196 Å².